The number of amides is 1. The van der Waals surface area contributed by atoms with Gasteiger partial charge in [-0.05, 0) is 43.8 Å². The summed E-state index contributed by atoms with van der Waals surface area (Å²) < 4.78 is 9.96. The summed E-state index contributed by atoms with van der Waals surface area (Å²) in [5.74, 6) is -0.296. The number of methoxy groups -OCH3 is 2. The van der Waals surface area contributed by atoms with Crippen molar-refractivity contribution in [2.45, 2.75) is 32.1 Å². The minimum Gasteiger partial charge on any atom is -0.388 e. The number of carbonyl (C=O) groups excluding carboxylic acids is 1. The number of hydrogen-bond acceptors (Lipinski definition) is 5. The maximum Gasteiger partial charge on any atom is 0.262 e. The normalized spacial score (nSPS) is 16.3. The highest BCUT2D eigenvalue weighted by molar-refractivity contribution is 5.98. The first-order valence-electron chi connectivity index (χ1n) is 8.06. The second kappa shape index (κ2) is 11.7. The van der Waals surface area contributed by atoms with E-state index in [1.807, 2.05) is 6.08 Å². The Labute approximate surface area is 138 Å². The number of carbonyl (C=O) groups is 1. The zero-order chi connectivity index (χ0) is 16.9. The molecule has 1 amide bonds. The number of allylic oxidation sites excluding steroid dienone is 3. The summed E-state index contributed by atoms with van der Waals surface area (Å²) in [6.45, 7) is 2.65. The summed E-state index contributed by atoms with van der Waals surface area (Å²) in [5, 5.41) is 15.5. The second-order valence-electron chi connectivity index (χ2n) is 5.41. The molecule has 1 aliphatic carbocycles. The average Bonchev–Trinajstić information content (AvgIpc) is 2.57. The van der Waals surface area contributed by atoms with Gasteiger partial charge in [0, 0.05) is 46.2 Å². The van der Waals surface area contributed by atoms with Crippen molar-refractivity contribution >= 4 is 5.91 Å². The maximum absolute atomic E-state index is 12.1. The zero-order valence-electron chi connectivity index (χ0n) is 14.1. The first kappa shape index (κ1) is 19.2. The molecular formula is C17H27N3O3. The molecular weight excluding hydrogens is 294 g/mol. The van der Waals surface area contributed by atoms with E-state index in [2.05, 4.69) is 16.7 Å². The van der Waals surface area contributed by atoms with Gasteiger partial charge >= 0.3 is 0 Å². The summed E-state index contributed by atoms with van der Waals surface area (Å²) >= 11 is 0. The lowest BCUT2D eigenvalue weighted by Gasteiger charge is -2.18. The fourth-order valence-electron chi connectivity index (χ4n) is 2.40. The molecule has 0 spiro atoms. The molecule has 0 fully saturated rings. The molecule has 0 heterocycles. The molecule has 0 aliphatic heterocycles. The van der Waals surface area contributed by atoms with E-state index < -0.39 is 0 Å². The van der Waals surface area contributed by atoms with E-state index in [0.29, 0.717) is 13.2 Å². The molecule has 6 heteroatoms. The Morgan fingerprint density at radius 3 is 2.57 bits per heavy atom. The molecule has 1 rings (SSSR count). The van der Waals surface area contributed by atoms with Gasteiger partial charge in [0.25, 0.3) is 5.91 Å². The third-order valence-corrected chi connectivity index (χ3v) is 3.59. The number of ether oxygens (including phenoxy) is 2. The van der Waals surface area contributed by atoms with Crippen LogP contribution in [-0.2, 0) is 14.3 Å². The van der Waals surface area contributed by atoms with Crippen LogP contribution in [0, 0.1) is 11.3 Å². The Morgan fingerprint density at radius 1 is 1.22 bits per heavy atom. The van der Waals surface area contributed by atoms with Crippen LogP contribution in [0.4, 0.5) is 0 Å². The van der Waals surface area contributed by atoms with Crippen molar-refractivity contribution < 1.29 is 14.3 Å². The highest BCUT2D eigenvalue weighted by Crippen LogP contribution is 2.23. The lowest BCUT2D eigenvalue weighted by atomic mass is 9.95. The minimum absolute atomic E-state index is 0.221. The van der Waals surface area contributed by atoms with Gasteiger partial charge in [0.05, 0.1) is 0 Å². The molecule has 2 N–H and O–H groups in total. The molecule has 1 aliphatic rings. The first-order valence-corrected chi connectivity index (χ1v) is 8.06. The van der Waals surface area contributed by atoms with E-state index in [1.54, 1.807) is 14.2 Å². The molecule has 0 saturated carbocycles. The van der Waals surface area contributed by atoms with Gasteiger partial charge in [-0.25, -0.2) is 0 Å². The highest BCUT2D eigenvalue weighted by Gasteiger charge is 2.17. The van der Waals surface area contributed by atoms with Crippen molar-refractivity contribution in [3.63, 3.8) is 0 Å². The van der Waals surface area contributed by atoms with E-state index >= 15 is 0 Å². The third kappa shape index (κ3) is 7.31. The Morgan fingerprint density at radius 2 is 1.91 bits per heavy atom. The molecule has 0 atom stereocenters. The summed E-state index contributed by atoms with van der Waals surface area (Å²) in [6, 6.07) is 2.05. The van der Waals surface area contributed by atoms with Gasteiger partial charge in [-0.15, -0.1) is 0 Å². The summed E-state index contributed by atoms with van der Waals surface area (Å²) in [6.07, 6.45) is 6.27. The Hall–Kier alpha value is -1.84. The smallest absolute Gasteiger partial charge is 0.262 e. The highest BCUT2D eigenvalue weighted by atomic mass is 16.5. The molecule has 23 heavy (non-hydrogen) atoms. The number of rotatable bonds is 10. The first-order chi connectivity index (χ1) is 11.2. The Kier molecular flexibility index (Phi) is 9.76. The third-order valence-electron chi connectivity index (χ3n) is 3.59. The summed E-state index contributed by atoms with van der Waals surface area (Å²) in [7, 11) is 3.31. The van der Waals surface area contributed by atoms with E-state index in [4.69, 9.17) is 9.47 Å². The van der Waals surface area contributed by atoms with Crippen LogP contribution < -0.4 is 10.6 Å². The fourth-order valence-corrected chi connectivity index (χ4v) is 2.40. The van der Waals surface area contributed by atoms with Crippen molar-refractivity contribution in [2.75, 3.05) is 40.5 Å². The predicted molar refractivity (Wildman–Crippen MR) is 88.6 cm³/mol. The van der Waals surface area contributed by atoms with Crippen LogP contribution in [0.1, 0.15) is 32.1 Å². The number of hydrogen-bond donors (Lipinski definition) is 2. The van der Waals surface area contributed by atoms with Gasteiger partial charge in [-0.3, -0.25) is 4.79 Å². The topological polar surface area (TPSA) is 83.4 Å². The maximum atomic E-state index is 12.1. The van der Waals surface area contributed by atoms with Gasteiger partial charge in [-0.1, -0.05) is 0 Å². The van der Waals surface area contributed by atoms with Gasteiger partial charge in [0.15, 0.2) is 0 Å². The van der Waals surface area contributed by atoms with Gasteiger partial charge in [0.1, 0.15) is 11.6 Å². The molecule has 0 aromatic heterocycles. The van der Waals surface area contributed by atoms with Crippen molar-refractivity contribution in [2.24, 2.45) is 0 Å². The fraction of sp³-hybridized carbons (Fsp3) is 0.647. The van der Waals surface area contributed by atoms with Crippen LogP contribution in [0.25, 0.3) is 0 Å². The van der Waals surface area contributed by atoms with E-state index in [1.165, 1.54) is 0 Å². The monoisotopic (exact) mass is 321 g/mol. The molecule has 0 radical (unpaired) electrons. The quantitative estimate of drug-likeness (QED) is 0.363. The number of nitrogens with zero attached hydrogens (tertiary/aromatic N) is 1. The lowest BCUT2D eigenvalue weighted by molar-refractivity contribution is -0.117. The molecule has 128 valence electrons. The van der Waals surface area contributed by atoms with E-state index in [-0.39, 0.29) is 11.5 Å². The Bertz CT molecular complexity index is 478. The van der Waals surface area contributed by atoms with Gasteiger partial charge < -0.3 is 20.1 Å². The lowest BCUT2D eigenvalue weighted by Crippen LogP contribution is -2.27. The van der Waals surface area contributed by atoms with Crippen LogP contribution in [0.5, 0.6) is 0 Å². The molecule has 0 aromatic rings. The van der Waals surface area contributed by atoms with Crippen molar-refractivity contribution in [3.05, 3.63) is 22.9 Å². The average molecular weight is 321 g/mol. The van der Waals surface area contributed by atoms with Crippen LogP contribution in [-0.4, -0.2) is 46.4 Å². The second-order valence-corrected chi connectivity index (χ2v) is 5.41. The molecule has 0 aromatic carbocycles. The van der Waals surface area contributed by atoms with Crippen LogP contribution >= 0.6 is 0 Å². The van der Waals surface area contributed by atoms with Crippen molar-refractivity contribution in [1.82, 2.24) is 10.6 Å². The van der Waals surface area contributed by atoms with Crippen molar-refractivity contribution in [1.29, 1.82) is 5.26 Å². The minimum atomic E-state index is -0.296. The van der Waals surface area contributed by atoms with Crippen LogP contribution in [0.2, 0.25) is 0 Å². The van der Waals surface area contributed by atoms with Crippen LogP contribution in [0.3, 0.4) is 0 Å². The SMILES string of the molecule is COCCCNC(=O)/C(C#N)=C1\C=C(NCCCOC)CCC1. The standard InChI is InChI=1S/C17H27N3O3/c1-22-10-4-8-19-15-7-3-6-14(12-15)16(13-18)17(21)20-9-5-11-23-2/h12,19H,3-11H2,1-2H3,(H,20,21)/b16-14-. The summed E-state index contributed by atoms with van der Waals surface area (Å²) in [5.41, 5.74) is 2.12. The largest absolute Gasteiger partial charge is 0.388 e. The van der Waals surface area contributed by atoms with E-state index in [9.17, 15) is 10.1 Å². The van der Waals surface area contributed by atoms with Crippen LogP contribution in [0.15, 0.2) is 22.9 Å². The predicted octanol–water partition coefficient (Wildman–Crippen LogP) is 1.65. The molecule has 6 nitrogen and oxygen atoms in total. The number of nitriles is 1. The zero-order valence-corrected chi connectivity index (χ0v) is 14.1. The summed E-state index contributed by atoms with van der Waals surface area (Å²) in [4.78, 5) is 12.1. The van der Waals surface area contributed by atoms with Crippen molar-refractivity contribution in [3.8, 4) is 6.07 Å². The molecule has 0 unspecified atom stereocenters. The van der Waals surface area contributed by atoms with Gasteiger partial charge in [0.2, 0.25) is 0 Å². The number of nitrogens with one attached hydrogen (secondary N) is 2. The van der Waals surface area contributed by atoms with Gasteiger partial charge in [-0.2, -0.15) is 5.26 Å². The molecule has 0 saturated heterocycles. The molecule has 0 bridgehead atoms. The van der Waals surface area contributed by atoms with E-state index in [0.717, 1.165) is 56.5 Å². The Balaban J connectivity index is 2.63.